The second-order valence-electron chi connectivity index (χ2n) is 3.87. The van der Waals surface area contributed by atoms with Gasteiger partial charge in [-0.05, 0) is 5.56 Å². The molecule has 2 N–H and O–H groups in total. The summed E-state index contributed by atoms with van der Waals surface area (Å²) in [5.74, 6) is 0. The number of alkyl carbamates (subject to hydrolysis) is 1. The highest BCUT2D eigenvalue weighted by atomic mass is 32.1. The molecule has 1 aliphatic heterocycles. The first-order valence-corrected chi connectivity index (χ1v) is 5.90. The van der Waals surface area contributed by atoms with Crippen LogP contribution >= 0.6 is 12.2 Å². The molecule has 0 spiro atoms. The summed E-state index contributed by atoms with van der Waals surface area (Å²) in [7, 11) is 0. The SMILES string of the molecule is O=C(NCc1ccccc1)O[C@@H]1CNC(=S)C1. The quantitative estimate of drug-likeness (QED) is 0.800. The molecule has 1 aliphatic rings. The van der Waals surface area contributed by atoms with Gasteiger partial charge in [0.2, 0.25) is 0 Å². The third kappa shape index (κ3) is 3.71. The maximum atomic E-state index is 11.5. The Morgan fingerprint density at radius 2 is 2.24 bits per heavy atom. The van der Waals surface area contributed by atoms with Crippen LogP contribution in [0.1, 0.15) is 12.0 Å². The Balaban J connectivity index is 1.73. The average Bonchev–Trinajstić information content (AvgIpc) is 2.73. The number of thiocarbonyl (C=S) groups is 1. The third-order valence-corrected chi connectivity index (χ3v) is 2.80. The third-order valence-electron chi connectivity index (χ3n) is 2.49. The van der Waals surface area contributed by atoms with Crippen molar-refractivity contribution < 1.29 is 9.53 Å². The van der Waals surface area contributed by atoms with Gasteiger partial charge in [0.1, 0.15) is 6.10 Å². The molecule has 0 radical (unpaired) electrons. The fourth-order valence-corrected chi connectivity index (χ4v) is 1.89. The molecular weight excluding hydrogens is 236 g/mol. The number of hydrogen-bond donors (Lipinski definition) is 2. The lowest BCUT2D eigenvalue weighted by Gasteiger charge is -2.11. The molecule has 4 nitrogen and oxygen atoms in total. The predicted molar refractivity (Wildman–Crippen MR) is 68.8 cm³/mol. The lowest BCUT2D eigenvalue weighted by molar-refractivity contribution is 0.108. The van der Waals surface area contributed by atoms with Crippen LogP contribution < -0.4 is 10.6 Å². The second kappa shape index (κ2) is 5.63. The van der Waals surface area contributed by atoms with Crippen LogP contribution in [0.15, 0.2) is 30.3 Å². The van der Waals surface area contributed by atoms with Gasteiger partial charge < -0.3 is 15.4 Å². The van der Waals surface area contributed by atoms with Gasteiger partial charge in [-0.1, -0.05) is 42.5 Å². The largest absolute Gasteiger partial charge is 0.444 e. The van der Waals surface area contributed by atoms with Crippen LogP contribution in [0.25, 0.3) is 0 Å². The molecule has 0 unspecified atom stereocenters. The molecule has 1 heterocycles. The highest BCUT2D eigenvalue weighted by Crippen LogP contribution is 2.06. The van der Waals surface area contributed by atoms with Gasteiger partial charge in [0.25, 0.3) is 0 Å². The number of nitrogens with one attached hydrogen (secondary N) is 2. The van der Waals surface area contributed by atoms with Crippen LogP contribution in [0.4, 0.5) is 4.79 Å². The van der Waals surface area contributed by atoms with E-state index in [-0.39, 0.29) is 6.10 Å². The van der Waals surface area contributed by atoms with Crippen molar-refractivity contribution in [2.24, 2.45) is 0 Å². The molecule has 5 heteroatoms. The first-order valence-electron chi connectivity index (χ1n) is 5.49. The molecule has 1 atom stereocenters. The Morgan fingerprint density at radius 1 is 1.47 bits per heavy atom. The number of hydrogen-bond acceptors (Lipinski definition) is 3. The smallest absolute Gasteiger partial charge is 0.407 e. The molecule has 90 valence electrons. The zero-order chi connectivity index (χ0) is 12.1. The molecule has 1 aromatic rings. The Hall–Kier alpha value is -1.62. The van der Waals surface area contributed by atoms with Crippen molar-refractivity contribution in [1.29, 1.82) is 0 Å². The number of carbonyl (C=O) groups excluding carboxylic acids is 1. The van der Waals surface area contributed by atoms with Crippen molar-refractivity contribution in [1.82, 2.24) is 10.6 Å². The first-order chi connectivity index (χ1) is 8.24. The Bertz CT molecular complexity index is 408. The molecule has 1 fully saturated rings. The van der Waals surface area contributed by atoms with Crippen LogP contribution in [0, 0.1) is 0 Å². The van der Waals surface area contributed by atoms with E-state index >= 15 is 0 Å². The Kier molecular flexibility index (Phi) is 3.93. The molecule has 0 aliphatic carbocycles. The van der Waals surface area contributed by atoms with E-state index in [2.05, 4.69) is 10.6 Å². The zero-order valence-electron chi connectivity index (χ0n) is 9.31. The number of benzene rings is 1. The van der Waals surface area contributed by atoms with Gasteiger partial charge in [0, 0.05) is 13.0 Å². The van der Waals surface area contributed by atoms with Gasteiger partial charge in [0.15, 0.2) is 0 Å². The van der Waals surface area contributed by atoms with Crippen LogP contribution in [0.2, 0.25) is 0 Å². The molecule has 1 amide bonds. The highest BCUT2D eigenvalue weighted by molar-refractivity contribution is 7.80. The van der Waals surface area contributed by atoms with E-state index in [1.54, 1.807) is 0 Å². The van der Waals surface area contributed by atoms with Crippen molar-refractivity contribution in [2.75, 3.05) is 6.54 Å². The lowest BCUT2D eigenvalue weighted by Crippen LogP contribution is -2.29. The zero-order valence-corrected chi connectivity index (χ0v) is 10.1. The van der Waals surface area contributed by atoms with E-state index in [1.807, 2.05) is 30.3 Å². The molecule has 0 saturated carbocycles. The fourth-order valence-electron chi connectivity index (χ4n) is 1.63. The first kappa shape index (κ1) is 11.9. The monoisotopic (exact) mass is 250 g/mol. The van der Waals surface area contributed by atoms with E-state index in [0.29, 0.717) is 19.5 Å². The minimum Gasteiger partial charge on any atom is -0.444 e. The van der Waals surface area contributed by atoms with E-state index < -0.39 is 6.09 Å². The minimum atomic E-state index is -0.398. The summed E-state index contributed by atoms with van der Waals surface area (Å²) < 4.78 is 5.20. The van der Waals surface area contributed by atoms with Gasteiger partial charge >= 0.3 is 6.09 Å². The Morgan fingerprint density at radius 3 is 2.88 bits per heavy atom. The van der Waals surface area contributed by atoms with Crippen molar-refractivity contribution in [3.8, 4) is 0 Å². The summed E-state index contributed by atoms with van der Waals surface area (Å²) in [5.41, 5.74) is 1.05. The number of rotatable bonds is 3. The van der Waals surface area contributed by atoms with E-state index in [0.717, 1.165) is 10.6 Å². The predicted octanol–water partition coefficient (Wildman–Crippen LogP) is 1.60. The van der Waals surface area contributed by atoms with Crippen LogP contribution in [0.3, 0.4) is 0 Å². The van der Waals surface area contributed by atoms with Gasteiger partial charge in [-0.15, -0.1) is 0 Å². The molecule has 0 aromatic heterocycles. The highest BCUT2D eigenvalue weighted by Gasteiger charge is 2.22. The molecule has 17 heavy (non-hydrogen) atoms. The molecule has 1 aromatic carbocycles. The Labute approximate surface area is 105 Å². The van der Waals surface area contributed by atoms with Crippen molar-refractivity contribution in [3.63, 3.8) is 0 Å². The van der Waals surface area contributed by atoms with Gasteiger partial charge in [-0.2, -0.15) is 0 Å². The van der Waals surface area contributed by atoms with Gasteiger partial charge in [-0.3, -0.25) is 0 Å². The average molecular weight is 250 g/mol. The van der Waals surface area contributed by atoms with Gasteiger partial charge in [-0.25, -0.2) is 4.79 Å². The molecule has 0 bridgehead atoms. The number of ether oxygens (including phenoxy) is 1. The fraction of sp³-hybridized carbons (Fsp3) is 0.333. The summed E-state index contributed by atoms with van der Waals surface area (Å²) >= 11 is 4.97. The van der Waals surface area contributed by atoms with E-state index in [1.165, 1.54) is 0 Å². The summed E-state index contributed by atoms with van der Waals surface area (Å²) in [5, 5.41) is 5.68. The maximum absolute atomic E-state index is 11.5. The van der Waals surface area contributed by atoms with Crippen molar-refractivity contribution in [2.45, 2.75) is 19.1 Å². The molecule has 1 saturated heterocycles. The number of carbonyl (C=O) groups is 1. The second-order valence-corrected chi connectivity index (χ2v) is 4.37. The van der Waals surface area contributed by atoms with Crippen molar-refractivity contribution >= 4 is 23.3 Å². The summed E-state index contributed by atoms with van der Waals surface area (Å²) in [6, 6.07) is 9.70. The topological polar surface area (TPSA) is 50.4 Å². The van der Waals surface area contributed by atoms with E-state index in [4.69, 9.17) is 17.0 Å². The van der Waals surface area contributed by atoms with Crippen LogP contribution in [0.5, 0.6) is 0 Å². The standard InChI is InChI=1S/C12H14N2O2S/c15-12(16-10-6-11(17)13-8-10)14-7-9-4-2-1-3-5-9/h1-5,10H,6-8H2,(H,13,17)(H,14,15)/t10-/m0/s1. The summed E-state index contributed by atoms with van der Waals surface area (Å²) in [6.07, 6.45) is 0.0808. The van der Waals surface area contributed by atoms with Gasteiger partial charge in [0.05, 0.1) is 11.5 Å². The van der Waals surface area contributed by atoms with E-state index in [9.17, 15) is 4.79 Å². The van der Waals surface area contributed by atoms with Crippen LogP contribution in [-0.4, -0.2) is 23.7 Å². The van der Waals surface area contributed by atoms with Crippen LogP contribution in [-0.2, 0) is 11.3 Å². The van der Waals surface area contributed by atoms with Crippen molar-refractivity contribution in [3.05, 3.63) is 35.9 Å². The summed E-state index contributed by atoms with van der Waals surface area (Å²) in [4.78, 5) is 12.2. The lowest BCUT2D eigenvalue weighted by atomic mass is 10.2. The normalized spacial score (nSPS) is 18.6. The minimum absolute atomic E-state index is 0.140. The molecule has 2 rings (SSSR count). The summed E-state index contributed by atoms with van der Waals surface area (Å²) in [6.45, 7) is 1.09. The number of amides is 1. The maximum Gasteiger partial charge on any atom is 0.407 e. The molecular formula is C12H14N2O2S.